The Balaban J connectivity index is 2.00. The summed E-state index contributed by atoms with van der Waals surface area (Å²) in [6, 6.07) is 17.6. The van der Waals surface area contributed by atoms with Gasteiger partial charge < -0.3 is 10.6 Å². The Kier molecular flexibility index (Phi) is 6.07. The highest BCUT2D eigenvalue weighted by Gasteiger charge is 2.17. The molecule has 0 saturated heterocycles. The van der Waals surface area contributed by atoms with Crippen molar-refractivity contribution in [1.29, 1.82) is 0 Å². The summed E-state index contributed by atoms with van der Waals surface area (Å²) in [5.41, 5.74) is 5.59. The normalized spacial score (nSPS) is 10.5. The lowest BCUT2D eigenvalue weighted by molar-refractivity contribution is -0.115. The third-order valence-electron chi connectivity index (χ3n) is 4.70. The van der Waals surface area contributed by atoms with Crippen molar-refractivity contribution in [3.05, 3.63) is 83.2 Å². The molecule has 0 aliphatic heterocycles. The molecule has 0 heterocycles. The molecule has 0 aromatic heterocycles. The summed E-state index contributed by atoms with van der Waals surface area (Å²) < 4.78 is 13.1. The molecule has 3 rings (SSSR count). The van der Waals surface area contributed by atoms with E-state index in [0.29, 0.717) is 11.4 Å². The van der Waals surface area contributed by atoms with Crippen LogP contribution in [0.3, 0.4) is 0 Å². The Morgan fingerprint density at radius 3 is 2.17 bits per heavy atom. The van der Waals surface area contributed by atoms with Crippen LogP contribution in [-0.2, 0) is 16.0 Å². The van der Waals surface area contributed by atoms with E-state index in [1.165, 1.54) is 19.1 Å². The minimum Gasteiger partial charge on any atom is -0.326 e. The van der Waals surface area contributed by atoms with Crippen LogP contribution in [0.2, 0.25) is 0 Å². The fraction of sp³-hybridized carbons (Fsp3) is 0.167. The summed E-state index contributed by atoms with van der Waals surface area (Å²) in [5, 5.41) is 5.85. The summed E-state index contributed by atoms with van der Waals surface area (Å²) in [5.74, 6) is -0.725. The minimum atomic E-state index is -0.338. The van der Waals surface area contributed by atoms with Crippen molar-refractivity contribution in [2.75, 3.05) is 10.6 Å². The van der Waals surface area contributed by atoms with E-state index in [4.69, 9.17) is 0 Å². The van der Waals surface area contributed by atoms with Crippen LogP contribution in [0.25, 0.3) is 11.1 Å². The van der Waals surface area contributed by atoms with Crippen LogP contribution in [0.5, 0.6) is 0 Å². The van der Waals surface area contributed by atoms with Crippen molar-refractivity contribution < 1.29 is 14.0 Å². The maximum atomic E-state index is 13.1. The molecule has 3 aromatic rings. The van der Waals surface area contributed by atoms with Gasteiger partial charge in [0.25, 0.3) is 0 Å². The minimum absolute atomic E-state index is 0.122. The molecule has 5 heteroatoms. The molecule has 0 bridgehead atoms. The van der Waals surface area contributed by atoms with E-state index in [0.717, 1.165) is 27.8 Å². The van der Waals surface area contributed by atoms with Gasteiger partial charge in [-0.05, 0) is 54.3 Å². The summed E-state index contributed by atoms with van der Waals surface area (Å²) in [7, 11) is 0. The molecule has 2 amide bonds. The number of carbonyl (C=O) groups is 2. The zero-order valence-corrected chi connectivity index (χ0v) is 16.7. The molecule has 29 heavy (non-hydrogen) atoms. The SMILES string of the molecule is CC(=O)Nc1c(C)cc(-c2ccccc2)c(NC(=O)Cc2ccc(F)cc2)c1C. The van der Waals surface area contributed by atoms with Crippen molar-refractivity contribution >= 4 is 23.2 Å². The van der Waals surface area contributed by atoms with E-state index in [2.05, 4.69) is 10.6 Å². The van der Waals surface area contributed by atoms with E-state index < -0.39 is 0 Å². The van der Waals surface area contributed by atoms with Crippen LogP contribution < -0.4 is 10.6 Å². The summed E-state index contributed by atoms with van der Waals surface area (Å²) in [6.45, 7) is 5.25. The first-order chi connectivity index (χ1) is 13.8. The van der Waals surface area contributed by atoms with Gasteiger partial charge in [-0.3, -0.25) is 9.59 Å². The molecule has 3 aromatic carbocycles. The first kappa shape index (κ1) is 20.3. The summed E-state index contributed by atoms with van der Waals surface area (Å²) in [6.07, 6.45) is 0.122. The van der Waals surface area contributed by atoms with Gasteiger partial charge in [0.1, 0.15) is 5.82 Å². The largest absolute Gasteiger partial charge is 0.326 e. The number of rotatable bonds is 5. The van der Waals surface area contributed by atoms with Crippen molar-refractivity contribution in [2.24, 2.45) is 0 Å². The smallest absolute Gasteiger partial charge is 0.228 e. The summed E-state index contributed by atoms with van der Waals surface area (Å²) in [4.78, 5) is 24.4. The first-order valence-corrected chi connectivity index (χ1v) is 9.36. The van der Waals surface area contributed by atoms with Gasteiger partial charge >= 0.3 is 0 Å². The number of nitrogens with one attached hydrogen (secondary N) is 2. The Hall–Kier alpha value is -3.47. The van der Waals surface area contributed by atoms with Gasteiger partial charge in [-0.15, -0.1) is 0 Å². The fourth-order valence-corrected chi connectivity index (χ4v) is 3.33. The number of benzene rings is 3. The highest BCUT2D eigenvalue weighted by molar-refractivity contribution is 6.01. The fourth-order valence-electron chi connectivity index (χ4n) is 3.33. The highest BCUT2D eigenvalue weighted by atomic mass is 19.1. The molecule has 0 saturated carbocycles. The predicted octanol–water partition coefficient (Wildman–Crippen LogP) is 5.25. The molecule has 0 spiro atoms. The van der Waals surface area contributed by atoms with Gasteiger partial charge in [0, 0.05) is 18.2 Å². The molecule has 4 nitrogen and oxygen atoms in total. The molecule has 2 N–H and O–H groups in total. The number of hydrogen-bond donors (Lipinski definition) is 2. The monoisotopic (exact) mass is 390 g/mol. The highest BCUT2D eigenvalue weighted by Crippen LogP contribution is 2.37. The zero-order valence-electron chi connectivity index (χ0n) is 16.7. The van der Waals surface area contributed by atoms with Crippen molar-refractivity contribution in [1.82, 2.24) is 0 Å². The van der Waals surface area contributed by atoms with E-state index in [-0.39, 0.29) is 24.1 Å². The molecule has 0 radical (unpaired) electrons. The average molecular weight is 390 g/mol. The summed E-state index contributed by atoms with van der Waals surface area (Å²) >= 11 is 0. The Morgan fingerprint density at radius 1 is 0.897 bits per heavy atom. The predicted molar refractivity (Wildman–Crippen MR) is 114 cm³/mol. The molecule has 0 aliphatic rings. The lowest BCUT2D eigenvalue weighted by Crippen LogP contribution is -2.17. The number of amides is 2. The molecule has 148 valence electrons. The van der Waals surface area contributed by atoms with Crippen LogP contribution in [0.4, 0.5) is 15.8 Å². The topological polar surface area (TPSA) is 58.2 Å². The molecular formula is C24H23FN2O2. The van der Waals surface area contributed by atoms with Crippen LogP contribution in [-0.4, -0.2) is 11.8 Å². The number of hydrogen-bond acceptors (Lipinski definition) is 2. The van der Waals surface area contributed by atoms with E-state index in [1.807, 2.05) is 50.2 Å². The van der Waals surface area contributed by atoms with Crippen molar-refractivity contribution in [3.8, 4) is 11.1 Å². The van der Waals surface area contributed by atoms with Gasteiger partial charge in [0.05, 0.1) is 12.1 Å². The van der Waals surface area contributed by atoms with E-state index in [9.17, 15) is 14.0 Å². The van der Waals surface area contributed by atoms with Gasteiger partial charge in [0.2, 0.25) is 11.8 Å². The number of anilines is 2. The van der Waals surface area contributed by atoms with Gasteiger partial charge in [-0.2, -0.15) is 0 Å². The second-order valence-electron chi connectivity index (χ2n) is 7.01. The number of carbonyl (C=O) groups excluding carboxylic acids is 2. The quantitative estimate of drug-likeness (QED) is 0.625. The Bertz CT molecular complexity index is 1040. The lowest BCUT2D eigenvalue weighted by Gasteiger charge is -2.20. The molecule has 0 fully saturated rings. The zero-order chi connectivity index (χ0) is 21.0. The maximum Gasteiger partial charge on any atom is 0.228 e. The van der Waals surface area contributed by atoms with Crippen molar-refractivity contribution in [2.45, 2.75) is 27.2 Å². The first-order valence-electron chi connectivity index (χ1n) is 9.36. The van der Waals surface area contributed by atoms with Crippen LogP contribution in [0, 0.1) is 19.7 Å². The standard InChI is InChI=1S/C24H23FN2O2/c1-15-13-21(19-7-5-4-6-8-19)24(16(2)23(15)26-17(3)28)27-22(29)14-18-9-11-20(25)12-10-18/h4-13H,14H2,1-3H3,(H,26,28)(H,27,29). The van der Waals surface area contributed by atoms with Gasteiger partial charge in [-0.1, -0.05) is 42.5 Å². The maximum absolute atomic E-state index is 13.1. The second kappa shape index (κ2) is 8.69. The molecular weight excluding hydrogens is 367 g/mol. The van der Waals surface area contributed by atoms with Gasteiger partial charge in [-0.25, -0.2) is 4.39 Å². The van der Waals surface area contributed by atoms with Crippen LogP contribution >= 0.6 is 0 Å². The van der Waals surface area contributed by atoms with E-state index >= 15 is 0 Å². The Labute approximate surface area is 169 Å². The lowest BCUT2D eigenvalue weighted by atomic mass is 9.95. The molecule has 0 aliphatic carbocycles. The average Bonchev–Trinajstić information content (AvgIpc) is 2.69. The molecule has 0 unspecified atom stereocenters. The van der Waals surface area contributed by atoms with Crippen LogP contribution in [0.15, 0.2) is 60.7 Å². The second-order valence-corrected chi connectivity index (χ2v) is 7.01. The Morgan fingerprint density at radius 2 is 1.55 bits per heavy atom. The number of aryl methyl sites for hydroxylation is 1. The number of halogens is 1. The van der Waals surface area contributed by atoms with Crippen LogP contribution in [0.1, 0.15) is 23.6 Å². The van der Waals surface area contributed by atoms with E-state index in [1.54, 1.807) is 12.1 Å². The third kappa shape index (κ3) is 4.88. The molecule has 0 atom stereocenters. The van der Waals surface area contributed by atoms with Gasteiger partial charge in [0.15, 0.2) is 0 Å². The third-order valence-corrected chi connectivity index (χ3v) is 4.70. The van der Waals surface area contributed by atoms with Crippen molar-refractivity contribution in [3.63, 3.8) is 0 Å².